The lowest BCUT2D eigenvalue weighted by atomic mass is 9.86. The summed E-state index contributed by atoms with van der Waals surface area (Å²) in [5, 5.41) is 0. The van der Waals surface area contributed by atoms with Gasteiger partial charge in [0.15, 0.2) is 0 Å². The van der Waals surface area contributed by atoms with Crippen LogP contribution in [0, 0.1) is 6.92 Å². The quantitative estimate of drug-likeness (QED) is 0.711. The number of hydrogen-bond acceptors (Lipinski definition) is 1. The van der Waals surface area contributed by atoms with E-state index in [1.165, 1.54) is 40.7 Å². The summed E-state index contributed by atoms with van der Waals surface area (Å²) >= 11 is 0. The third-order valence-electron chi connectivity index (χ3n) is 5.10. The molecule has 0 amide bonds. The highest BCUT2D eigenvalue weighted by atomic mass is 16.5. The van der Waals surface area contributed by atoms with Crippen LogP contribution in [0.5, 0.6) is 5.75 Å². The summed E-state index contributed by atoms with van der Waals surface area (Å²) in [6.07, 6.45) is 9.29. The van der Waals surface area contributed by atoms with E-state index in [1.807, 2.05) is 0 Å². The van der Waals surface area contributed by atoms with Crippen LogP contribution in [0.4, 0.5) is 0 Å². The van der Waals surface area contributed by atoms with Gasteiger partial charge in [0.1, 0.15) is 5.75 Å². The second-order valence-electron chi connectivity index (χ2n) is 6.91. The van der Waals surface area contributed by atoms with Gasteiger partial charge in [-0.15, -0.1) is 0 Å². The molecule has 0 saturated carbocycles. The topological polar surface area (TPSA) is 9.23 Å². The standard InChI is InChI=1S/C22H24O/c1-16-4-9-19-10-7-17(14-21(19)13-16)5-6-18-8-11-20-3-2-12-23-22(20)15-18/h4-5,8-9,11,13,15H,2-3,6-7,10,12,14H2,1H3. The van der Waals surface area contributed by atoms with E-state index in [9.17, 15) is 0 Å². The molecule has 0 unspecified atom stereocenters. The Morgan fingerprint density at radius 2 is 1.87 bits per heavy atom. The maximum atomic E-state index is 5.79. The molecule has 1 heterocycles. The monoisotopic (exact) mass is 304 g/mol. The van der Waals surface area contributed by atoms with Crippen molar-refractivity contribution < 1.29 is 4.74 Å². The number of hydrogen-bond donors (Lipinski definition) is 0. The average molecular weight is 304 g/mol. The summed E-state index contributed by atoms with van der Waals surface area (Å²) in [6.45, 7) is 3.05. The molecule has 2 aliphatic rings. The van der Waals surface area contributed by atoms with Crippen LogP contribution in [0.3, 0.4) is 0 Å². The normalized spacial score (nSPS) is 18.2. The van der Waals surface area contributed by atoms with E-state index < -0.39 is 0 Å². The first-order valence-electron chi connectivity index (χ1n) is 8.79. The average Bonchev–Trinajstić information content (AvgIpc) is 2.59. The molecule has 1 aliphatic heterocycles. The molecular weight excluding hydrogens is 280 g/mol. The fourth-order valence-electron chi connectivity index (χ4n) is 3.74. The predicted octanol–water partition coefficient (Wildman–Crippen LogP) is 4.98. The molecule has 0 N–H and O–H groups in total. The Morgan fingerprint density at radius 3 is 2.83 bits per heavy atom. The Hall–Kier alpha value is -2.02. The maximum Gasteiger partial charge on any atom is 0.122 e. The zero-order valence-corrected chi connectivity index (χ0v) is 13.9. The lowest BCUT2D eigenvalue weighted by Gasteiger charge is -2.20. The van der Waals surface area contributed by atoms with Gasteiger partial charge in [0.05, 0.1) is 6.61 Å². The van der Waals surface area contributed by atoms with Crippen molar-refractivity contribution in [1.82, 2.24) is 0 Å². The van der Waals surface area contributed by atoms with E-state index in [2.05, 4.69) is 49.4 Å². The Labute approximate surface area is 139 Å². The summed E-state index contributed by atoms with van der Waals surface area (Å²) < 4.78 is 5.79. The molecule has 2 aromatic carbocycles. The molecule has 0 saturated heterocycles. The van der Waals surface area contributed by atoms with Crippen LogP contribution in [0.2, 0.25) is 0 Å². The van der Waals surface area contributed by atoms with Gasteiger partial charge in [-0.05, 0) is 73.8 Å². The van der Waals surface area contributed by atoms with Gasteiger partial charge < -0.3 is 4.74 Å². The van der Waals surface area contributed by atoms with E-state index in [4.69, 9.17) is 4.74 Å². The molecule has 0 spiro atoms. The van der Waals surface area contributed by atoms with Crippen molar-refractivity contribution in [3.63, 3.8) is 0 Å². The summed E-state index contributed by atoms with van der Waals surface area (Å²) in [5.74, 6) is 1.11. The molecule has 23 heavy (non-hydrogen) atoms. The molecule has 0 radical (unpaired) electrons. The number of allylic oxidation sites excluding steroid dienone is 2. The second kappa shape index (κ2) is 6.23. The molecule has 118 valence electrons. The van der Waals surface area contributed by atoms with E-state index >= 15 is 0 Å². The van der Waals surface area contributed by atoms with Crippen molar-refractivity contribution in [3.8, 4) is 5.75 Å². The molecule has 4 rings (SSSR count). The second-order valence-corrected chi connectivity index (χ2v) is 6.91. The third-order valence-corrected chi connectivity index (χ3v) is 5.10. The first kappa shape index (κ1) is 14.6. The van der Waals surface area contributed by atoms with Crippen LogP contribution in [0.25, 0.3) is 0 Å². The molecule has 0 bridgehead atoms. The highest BCUT2D eigenvalue weighted by Crippen LogP contribution is 2.28. The van der Waals surface area contributed by atoms with Gasteiger partial charge in [0.25, 0.3) is 0 Å². The first-order valence-corrected chi connectivity index (χ1v) is 8.79. The van der Waals surface area contributed by atoms with Gasteiger partial charge in [-0.25, -0.2) is 0 Å². The molecule has 2 aromatic rings. The lowest BCUT2D eigenvalue weighted by molar-refractivity contribution is 0.288. The highest BCUT2D eigenvalue weighted by Gasteiger charge is 2.13. The van der Waals surface area contributed by atoms with Crippen LogP contribution < -0.4 is 4.74 Å². The summed E-state index contributed by atoms with van der Waals surface area (Å²) in [7, 11) is 0. The first-order chi connectivity index (χ1) is 11.3. The van der Waals surface area contributed by atoms with E-state index in [-0.39, 0.29) is 0 Å². The SMILES string of the molecule is Cc1ccc2c(c1)CC(=CCc1ccc3c(c1)OCCC3)CC2. The summed E-state index contributed by atoms with van der Waals surface area (Å²) in [5.41, 5.74) is 8.76. The molecular formula is C22H24O. The molecule has 0 fully saturated rings. The molecule has 1 heteroatoms. The van der Waals surface area contributed by atoms with Crippen molar-refractivity contribution in [2.75, 3.05) is 6.61 Å². The van der Waals surface area contributed by atoms with Crippen molar-refractivity contribution in [3.05, 3.63) is 75.9 Å². The Balaban J connectivity index is 1.49. The fraction of sp³-hybridized carbons (Fsp3) is 0.364. The van der Waals surface area contributed by atoms with Gasteiger partial charge in [0.2, 0.25) is 0 Å². The minimum absolute atomic E-state index is 0.869. The highest BCUT2D eigenvalue weighted by molar-refractivity contribution is 5.41. The Kier molecular flexibility index (Phi) is 3.95. The van der Waals surface area contributed by atoms with E-state index in [0.717, 1.165) is 38.0 Å². The fourth-order valence-corrected chi connectivity index (χ4v) is 3.74. The minimum atomic E-state index is 0.869. The number of fused-ring (bicyclic) bond motifs is 2. The molecule has 0 atom stereocenters. The largest absolute Gasteiger partial charge is 0.493 e. The van der Waals surface area contributed by atoms with Crippen molar-refractivity contribution >= 4 is 0 Å². The number of ether oxygens (including phenoxy) is 1. The summed E-state index contributed by atoms with van der Waals surface area (Å²) in [6, 6.07) is 13.7. The minimum Gasteiger partial charge on any atom is -0.493 e. The van der Waals surface area contributed by atoms with Crippen molar-refractivity contribution in [1.29, 1.82) is 0 Å². The number of benzene rings is 2. The Morgan fingerprint density at radius 1 is 0.957 bits per heavy atom. The lowest BCUT2D eigenvalue weighted by Crippen LogP contribution is -2.08. The van der Waals surface area contributed by atoms with Crippen LogP contribution >= 0.6 is 0 Å². The number of rotatable bonds is 2. The molecule has 1 aliphatic carbocycles. The van der Waals surface area contributed by atoms with E-state index in [0.29, 0.717) is 0 Å². The van der Waals surface area contributed by atoms with Crippen LogP contribution in [-0.2, 0) is 25.7 Å². The zero-order chi connectivity index (χ0) is 15.6. The predicted molar refractivity (Wildman–Crippen MR) is 95.2 cm³/mol. The van der Waals surface area contributed by atoms with Gasteiger partial charge >= 0.3 is 0 Å². The van der Waals surface area contributed by atoms with Crippen molar-refractivity contribution in [2.24, 2.45) is 0 Å². The van der Waals surface area contributed by atoms with Crippen molar-refractivity contribution in [2.45, 2.75) is 45.4 Å². The van der Waals surface area contributed by atoms with Gasteiger partial charge in [0, 0.05) is 0 Å². The van der Waals surface area contributed by atoms with Crippen LogP contribution in [0.15, 0.2) is 48.0 Å². The summed E-state index contributed by atoms with van der Waals surface area (Å²) in [4.78, 5) is 0. The smallest absolute Gasteiger partial charge is 0.122 e. The zero-order valence-electron chi connectivity index (χ0n) is 13.9. The van der Waals surface area contributed by atoms with Gasteiger partial charge in [-0.1, -0.05) is 47.5 Å². The third kappa shape index (κ3) is 3.19. The molecule has 1 nitrogen and oxygen atoms in total. The number of aryl methyl sites for hydroxylation is 3. The van der Waals surface area contributed by atoms with E-state index in [1.54, 1.807) is 5.57 Å². The maximum absolute atomic E-state index is 5.79. The van der Waals surface area contributed by atoms with Gasteiger partial charge in [-0.2, -0.15) is 0 Å². The van der Waals surface area contributed by atoms with Crippen LogP contribution in [0.1, 0.15) is 40.7 Å². The Bertz CT molecular complexity index is 755. The van der Waals surface area contributed by atoms with Gasteiger partial charge in [-0.3, -0.25) is 0 Å². The van der Waals surface area contributed by atoms with Crippen LogP contribution in [-0.4, -0.2) is 6.61 Å². The molecule has 0 aromatic heterocycles.